The van der Waals surface area contributed by atoms with Crippen LogP contribution in [0.1, 0.15) is 17.5 Å². The van der Waals surface area contributed by atoms with E-state index in [1.807, 2.05) is 31.2 Å². The van der Waals surface area contributed by atoms with Crippen molar-refractivity contribution in [1.29, 1.82) is 0 Å². The normalized spacial score (nSPS) is 35.6. The molecule has 0 bridgehead atoms. The lowest BCUT2D eigenvalue weighted by Crippen LogP contribution is -2.31. The summed E-state index contributed by atoms with van der Waals surface area (Å²) in [5.74, 6) is -3.03. The van der Waals surface area contributed by atoms with Gasteiger partial charge in [0.15, 0.2) is 0 Å². The van der Waals surface area contributed by atoms with Gasteiger partial charge in [-0.05, 0) is 25.5 Å². The van der Waals surface area contributed by atoms with Crippen LogP contribution in [0.2, 0.25) is 0 Å². The average molecular weight is 223 g/mol. The van der Waals surface area contributed by atoms with Crippen molar-refractivity contribution in [3.8, 4) is 0 Å². The molecule has 1 saturated heterocycles. The van der Waals surface area contributed by atoms with Crippen LogP contribution in [0.4, 0.5) is 8.78 Å². The molecule has 2 fully saturated rings. The second kappa shape index (κ2) is 3.04. The van der Waals surface area contributed by atoms with Crippen molar-refractivity contribution in [1.82, 2.24) is 5.32 Å². The van der Waals surface area contributed by atoms with Crippen molar-refractivity contribution in [2.75, 3.05) is 13.1 Å². The first kappa shape index (κ1) is 10.2. The molecule has 1 aliphatic carbocycles. The number of rotatable bonds is 1. The Kier molecular flexibility index (Phi) is 1.94. The van der Waals surface area contributed by atoms with Crippen LogP contribution in [0.25, 0.3) is 0 Å². The highest BCUT2D eigenvalue weighted by Crippen LogP contribution is 2.69. The third-order valence-corrected chi connectivity index (χ3v) is 4.16. The molecule has 1 aromatic carbocycles. The SMILES string of the molecule is Cc1ccc(C23CCNCC2C3(F)F)cc1. The van der Waals surface area contributed by atoms with Crippen LogP contribution in [0.15, 0.2) is 24.3 Å². The monoisotopic (exact) mass is 223 g/mol. The molecular formula is C13H15F2N. The summed E-state index contributed by atoms with van der Waals surface area (Å²) < 4.78 is 27.8. The van der Waals surface area contributed by atoms with E-state index in [0.717, 1.165) is 11.1 Å². The van der Waals surface area contributed by atoms with E-state index in [2.05, 4.69) is 5.32 Å². The van der Waals surface area contributed by atoms with Gasteiger partial charge in [0.2, 0.25) is 0 Å². The molecule has 1 saturated carbocycles. The van der Waals surface area contributed by atoms with Gasteiger partial charge in [-0.3, -0.25) is 0 Å². The van der Waals surface area contributed by atoms with Gasteiger partial charge in [-0.25, -0.2) is 8.78 Å². The zero-order valence-corrected chi connectivity index (χ0v) is 9.26. The van der Waals surface area contributed by atoms with Crippen molar-refractivity contribution >= 4 is 0 Å². The van der Waals surface area contributed by atoms with Gasteiger partial charge in [0.25, 0.3) is 5.92 Å². The minimum absolute atomic E-state index is 0.445. The van der Waals surface area contributed by atoms with Gasteiger partial charge in [0, 0.05) is 6.54 Å². The van der Waals surface area contributed by atoms with E-state index < -0.39 is 17.3 Å². The first-order valence-corrected chi connectivity index (χ1v) is 5.75. The van der Waals surface area contributed by atoms with Crippen LogP contribution in [0, 0.1) is 12.8 Å². The Hall–Kier alpha value is -0.960. The molecule has 1 aromatic rings. The number of piperidine rings is 1. The van der Waals surface area contributed by atoms with E-state index >= 15 is 0 Å². The minimum atomic E-state index is -2.52. The number of halogens is 2. The molecule has 86 valence electrons. The predicted octanol–water partition coefficient (Wildman–Crippen LogP) is 2.49. The predicted molar refractivity (Wildman–Crippen MR) is 58.8 cm³/mol. The maximum Gasteiger partial charge on any atom is 0.263 e. The van der Waals surface area contributed by atoms with E-state index in [0.29, 0.717) is 19.5 Å². The minimum Gasteiger partial charge on any atom is -0.316 e. The van der Waals surface area contributed by atoms with Gasteiger partial charge >= 0.3 is 0 Å². The second-order valence-electron chi connectivity index (χ2n) is 4.97. The number of aryl methyl sites for hydroxylation is 1. The number of nitrogens with one attached hydrogen (secondary N) is 1. The number of benzene rings is 1. The Morgan fingerprint density at radius 2 is 1.94 bits per heavy atom. The maximum absolute atomic E-state index is 13.9. The fourth-order valence-corrected chi connectivity index (χ4v) is 3.10. The van der Waals surface area contributed by atoms with Gasteiger partial charge in [-0.1, -0.05) is 29.8 Å². The third-order valence-electron chi connectivity index (χ3n) is 4.16. The van der Waals surface area contributed by atoms with E-state index in [1.54, 1.807) is 0 Å². The zero-order chi connectivity index (χ0) is 11.4. The first-order valence-electron chi connectivity index (χ1n) is 5.75. The zero-order valence-electron chi connectivity index (χ0n) is 9.26. The van der Waals surface area contributed by atoms with Crippen molar-refractivity contribution in [3.05, 3.63) is 35.4 Å². The van der Waals surface area contributed by atoms with Gasteiger partial charge < -0.3 is 5.32 Å². The summed E-state index contributed by atoms with van der Waals surface area (Å²) in [5, 5.41) is 3.06. The quantitative estimate of drug-likeness (QED) is 0.771. The average Bonchev–Trinajstić information content (AvgIpc) is 2.79. The molecule has 0 spiro atoms. The van der Waals surface area contributed by atoms with Crippen molar-refractivity contribution < 1.29 is 8.78 Å². The topological polar surface area (TPSA) is 12.0 Å². The fourth-order valence-electron chi connectivity index (χ4n) is 3.10. The molecule has 1 heterocycles. The molecule has 2 aliphatic rings. The summed E-state index contributed by atoms with van der Waals surface area (Å²) in [6.45, 7) is 3.12. The molecular weight excluding hydrogens is 208 g/mol. The molecule has 2 atom stereocenters. The molecule has 1 aliphatic heterocycles. The van der Waals surface area contributed by atoms with E-state index in [9.17, 15) is 8.78 Å². The van der Waals surface area contributed by atoms with Crippen LogP contribution in [-0.4, -0.2) is 19.0 Å². The van der Waals surface area contributed by atoms with Crippen molar-refractivity contribution in [2.24, 2.45) is 5.92 Å². The van der Waals surface area contributed by atoms with Gasteiger partial charge in [0.1, 0.15) is 0 Å². The third kappa shape index (κ3) is 1.07. The highest BCUT2D eigenvalue weighted by atomic mass is 19.3. The standard InChI is InChI=1S/C13H15F2N/c1-9-2-4-10(5-3-9)12-6-7-16-8-11(12)13(12,14)15/h2-5,11,16H,6-8H2,1H3. The smallest absolute Gasteiger partial charge is 0.263 e. The van der Waals surface area contributed by atoms with Gasteiger partial charge in [-0.15, -0.1) is 0 Å². The van der Waals surface area contributed by atoms with E-state index in [1.165, 1.54) is 0 Å². The lowest BCUT2D eigenvalue weighted by Gasteiger charge is -2.21. The summed E-state index contributed by atoms with van der Waals surface area (Å²) in [4.78, 5) is 0. The van der Waals surface area contributed by atoms with Crippen LogP contribution in [0.3, 0.4) is 0 Å². The molecule has 3 heteroatoms. The van der Waals surface area contributed by atoms with Crippen molar-refractivity contribution in [3.63, 3.8) is 0 Å². The lowest BCUT2D eigenvalue weighted by atomic mass is 9.87. The highest BCUT2D eigenvalue weighted by molar-refractivity contribution is 5.43. The fraction of sp³-hybridized carbons (Fsp3) is 0.538. The molecule has 0 radical (unpaired) electrons. The Morgan fingerprint density at radius 3 is 2.56 bits per heavy atom. The molecule has 1 N–H and O–H groups in total. The molecule has 16 heavy (non-hydrogen) atoms. The first-order chi connectivity index (χ1) is 7.59. The molecule has 0 amide bonds. The van der Waals surface area contributed by atoms with Crippen LogP contribution in [0.5, 0.6) is 0 Å². The summed E-state index contributed by atoms with van der Waals surface area (Å²) in [7, 11) is 0. The summed E-state index contributed by atoms with van der Waals surface area (Å²) >= 11 is 0. The lowest BCUT2D eigenvalue weighted by molar-refractivity contribution is 0.0781. The second-order valence-corrected chi connectivity index (χ2v) is 4.97. The highest BCUT2D eigenvalue weighted by Gasteiger charge is 2.80. The Morgan fingerprint density at radius 1 is 1.25 bits per heavy atom. The van der Waals surface area contributed by atoms with Crippen LogP contribution in [-0.2, 0) is 5.41 Å². The van der Waals surface area contributed by atoms with Crippen LogP contribution >= 0.6 is 0 Å². The molecule has 0 aromatic heterocycles. The Bertz CT molecular complexity index is 412. The Labute approximate surface area is 93.9 Å². The number of fused-ring (bicyclic) bond motifs is 1. The van der Waals surface area contributed by atoms with Crippen LogP contribution < -0.4 is 5.32 Å². The molecule has 3 rings (SSSR count). The molecule has 2 unspecified atom stereocenters. The molecule has 1 nitrogen and oxygen atoms in total. The largest absolute Gasteiger partial charge is 0.316 e. The van der Waals surface area contributed by atoms with E-state index in [4.69, 9.17) is 0 Å². The van der Waals surface area contributed by atoms with Gasteiger partial charge in [-0.2, -0.15) is 0 Å². The van der Waals surface area contributed by atoms with E-state index in [-0.39, 0.29) is 0 Å². The summed E-state index contributed by atoms with van der Waals surface area (Å²) in [5.41, 5.74) is 1.07. The number of alkyl halides is 2. The van der Waals surface area contributed by atoms with Gasteiger partial charge in [0.05, 0.1) is 11.3 Å². The van der Waals surface area contributed by atoms with Crippen molar-refractivity contribution in [2.45, 2.75) is 24.7 Å². The number of hydrogen-bond acceptors (Lipinski definition) is 1. The number of hydrogen-bond donors (Lipinski definition) is 1. The summed E-state index contributed by atoms with van der Waals surface area (Å²) in [6, 6.07) is 7.60. The maximum atomic E-state index is 13.9. The Balaban J connectivity index is 2.02. The summed E-state index contributed by atoms with van der Waals surface area (Å²) in [6.07, 6.45) is 0.549.